The van der Waals surface area contributed by atoms with E-state index in [0.29, 0.717) is 37.1 Å². The molecule has 26 heavy (non-hydrogen) atoms. The van der Waals surface area contributed by atoms with Crippen LogP contribution in [0.4, 0.5) is 11.5 Å². The number of fused-ring (bicyclic) bond motifs is 1. The highest BCUT2D eigenvalue weighted by Gasteiger charge is 2.28. The minimum atomic E-state index is -0.411. The zero-order chi connectivity index (χ0) is 17.9. The number of hydrogen-bond donors (Lipinski definition) is 0. The number of ether oxygens (including phenoxy) is 1. The molecule has 0 radical (unpaired) electrons. The SMILES string of the molecule is O=[N+]([O-])c1c(Sc2cccc3cccnc23)ncnc1N1CCOCC1. The second-order valence-corrected chi connectivity index (χ2v) is 6.67. The molecule has 3 aromatic rings. The van der Waals surface area contributed by atoms with Crippen molar-refractivity contribution in [1.29, 1.82) is 0 Å². The van der Waals surface area contributed by atoms with Crippen molar-refractivity contribution in [2.24, 2.45) is 0 Å². The van der Waals surface area contributed by atoms with E-state index in [4.69, 9.17) is 4.74 Å². The number of para-hydroxylation sites is 1. The van der Waals surface area contributed by atoms with Gasteiger partial charge in [-0.05, 0) is 12.1 Å². The first-order chi connectivity index (χ1) is 12.7. The largest absolute Gasteiger partial charge is 0.378 e. The minimum Gasteiger partial charge on any atom is -0.378 e. The number of aromatic nitrogens is 3. The van der Waals surface area contributed by atoms with Gasteiger partial charge in [-0.3, -0.25) is 15.1 Å². The molecule has 1 aliphatic rings. The van der Waals surface area contributed by atoms with Gasteiger partial charge in [-0.2, -0.15) is 0 Å². The van der Waals surface area contributed by atoms with Crippen LogP contribution in [0.2, 0.25) is 0 Å². The van der Waals surface area contributed by atoms with E-state index in [-0.39, 0.29) is 5.69 Å². The van der Waals surface area contributed by atoms with Crippen LogP contribution < -0.4 is 4.90 Å². The first kappa shape index (κ1) is 16.7. The Morgan fingerprint density at radius 1 is 1.12 bits per heavy atom. The van der Waals surface area contributed by atoms with E-state index in [9.17, 15) is 10.1 Å². The van der Waals surface area contributed by atoms with Crippen molar-refractivity contribution < 1.29 is 9.66 Å². The summed E-state index contributed by atoms with van der Waals surface area (Å²) in [6.45, 7) is 2.18. The normalized spacial score (nSPS) is 14.5. The number of anilines is 1. The van der Waals surface area contributed by atoms with E-state index >= 15 is 0 Å². The minimum absolute atomic E-state index is 0.0765. The van der Waals surface area contributed by atoms with Gasteiger partial charge < -0.3 is 9.64 Å². The summed E-state index contributed by atoms with van der Waals surface area (Å²) in [6.07, 6.45) is 3.08. The fourth-order valence-electron chi connectivity index (χ4n) is 2.86. The van der Waals surface area contributed by atoms with Crippen LogP contribution in [-0.4, -0.2) is 46.2 Å². The predicted octanol–water partition coefficient (Wildman–Crippen LogP) is 2.92. The molecule has 8 nitrogen and oxygen atoms in total. The summed E-state index contributed by atoms with van der Waals surface area (Å²) >= 11 is 1.24. The molecule has 1 aromatic carbocycles. The molecule has 0 bridgehead atoms. The maximum atomic E-state index is 11.8. The third kappa shape index (κ3) is 3.18. The number of pyridine rings is 1. The summed E-state index contributed by atoms with van der Waals surface area (Å²) in [5, 5.41) is 13.1. The third-order valence-corrected chi connectivity index (χ3v) is 5.11. The van der Waals surface area contributed by atoms with E-state index in [2.05, 4.69) is 15.0 Å². The monoisotopic (exact) mass is 369 g/mol. The van der Waals surface area contributed by atoms with Gasteiger partial charge in [0.1, 0.15) is 6.33 Å². The Bertz CT molecular complexity index is 957. The zero-order valence-electron chi connectivity index (χ0n) is 13.7. The van der Waals surface area contributed by atoms with Gasteiger partial charge in [-0.1, -0.05) is 30.0 Å². The number of benzene rings is 1. The lowest BCUT2D eigenvalue weighted by molar-refractivity contribution is -0.387. The van der Waals surface area contributed by atoms with Gasteiger partial charge in [0, 0.05) is 29.6 Å². The Labute approximate surface area is 153 Å². The Kier molecular flexibility index (Phi) is 4.63. The van der Waals surface area contributed by atoms with Gasteiger partial charge in [0.25, 0.3) is 0 Å². The van der Waals surface area contributed by atoms with Crippen LogP contribution in [0.15, 0.2) is 52.8 Å². The summed E-state index contributed by atoms with van der Waals surface area (Å²) in [4.78, 5) is 26.8. The van der Waals surface area contributed by atoms with Crippen LogP contribution in [0.3, 0.4) is 0 Å². The number of nitro groups is 1. The highest BCUT2D eigenvalue weighted by Crippen LogP contribution is 2.39. The topological polar surface area (TPSA) is 94.3 Å². The zero-order valence-corrected chi connectivity index (χ0v) is 14.6. The molecule has 0 aliphatic carbocycles. The van der Waals surface area contributed by atoms with E-state index in [1.165, 1.54) is 18.1 Å². The van der Waals surface area contributed by atoms with Crippen molar-refractivity contribution in [3.05, 3.63) is 53.0 Å². The smallest absolute Gasteiger partial charge is 0.343 e. The summed E-state index contributed by atoms with van der Waals surface area (Å²) in [7, 11) is 0. The summed E-state index contributed by atoms with van der Waals surface area (Å²) < 4.78 is 5.33. The van der Waals surface area contributed by atoms with Gasteiger partial charge >= 0.3 is 5.69 Å². The molecule has 3 heterocycles. The van der Waals surface area contributed by atoms with E-state index in [1.807, 2.05) is 35.2 Å². The number of nitrogens with zero attached hydrogens (tertiary/aromatic N) is 5. The number of morpholine rings is 1. The first-order valence-electron chi connectivity index (χ1n) is 8.08. The van der Waals surface area contributed by atoms with Crippen molar-refractivity contribution in [1.82, 2.24) is 15.0 Å². The summed E-state index contributed by atoms with van der Waals surface area (Å²) in [5.41, 5.74) is 0.716. The molecule has 0 amide bonds. The standard InChI is InChI=1S/C17H15N5O3S/c23-22(24)15-16(21-7-9-25-10-8-21)19-11-20-17(15)26-13-5-1-3-12-4-2-6-18-14(12)13/h1-6,11H,7-10H2. The highest BCUT2D eigenvalue weighted by molar-refractivity contribution is 7.99. The maximum Gasteiger partial charge on any atom is 0.343 e. The van der Waals surface area contributed by atoms with Crippen LogP contribution >= 0.6 is 11.8 Å². The first-order valence-corrected chi connectivity index (χ1v) is 8.89. The van der Waals surface area contributed by atoms with Gasteiger partial charge in [-0.15, -0.1) is 0 Å². The van der Waals surface area contributed by atoms with Crippen molar-refractivity contribution in [2.45, 2.75) is 9.92 Å². The fraction of sp³-hybridized carbons (Fsp3) is 0.235. The molecule has 132 valence electrons. The van der Waals surface area contributed by atoms with Crippen LogP contribution in [0.25, 0.3) is 10.9 Å². The van der Waals surface area contributed by atoms with E-state index in [0.717, 1.165) is 15.8 Å². The Hall–Kier alpha value is -2.78. The molecule has 2 aromatic heterocycles. The summed E-state index contributed by atoms with van der Waals surface area (Å²) in [5.74, 6) is 0.337. The van der Waals surface area contributed by atoms with Crippen molar-refractivity contribution in [3.63, 3.8) is 0 Å². The average Bonchev–Trinajstić information content (AvgIpc) is 2.68. The van der Waals surface area contributed by atoms with Crippen molar-refractivity contribution in [3.8, 4) is 0 Å². The van der Waals surface area contributed by atoms with Crippen molar-refractivity contribution >= 4 is 34.2 Å². The van der Waals surface area contributed by atoms with Crippen LogP contribution in [0.1, 0.15) is 0 Å². The molecule has 4 rings (SSSR count). The van der Waals surface area contributed by atoms with Crippen LogP contribution in [-0.2, 0) is 4.74 Å². The quantitative estimate of drug-likeness (QED) is 0.394. The second-order valence-electron chi connectivity index (χ2n) is 5.64. The van der Waals surface area contributed by atoms with Gasteiger partial charge in [0.05, 0.1) is 23.7 Å². The van der Waals surface area contributed by atoms with Gasteiger partial charge in [0.15, 0.2) is 5.03 Å². The molecule has 9 heteroatoms. The van der Waals surface area contributed by atoms with E-state index in [1.54, 1.807) is 6.20 Å². The lowest BCUT2D eigenvalue weighted by atomic mass is 10.2. The Morgan fingerprint density at radius 2 is 1.92 bits per heavy atom. The number of rotatable bonds is 4. The number of hydrogen-bond acceptors (Lipinski definition) is 8. The molecule has 1 fully saturated rings. The fourth-order valence-corrected chi connectivity index (χ4v) is 3.84. The van der Waals surface area contributed by atoms with E-state index < -0.39 is 4.92 Å². The molecule has 1 saturated heterocycles. The van der Waals surface area contributed by atoms with Crippen molar-refractivity contribution in [2.75, 3.05) is 31.2 Å². The molecule has 1 aliphatic heterocycles. The van der Waals surface area contributed by atoms with Crippen LogP contribution in [0.5, 0.6) is 0 Å². The second kappa shape index (κ2) is 7.22. The lowest BCUT2D eigenvalue weighted by Crippen LogP contribution is -2.37. The third-order valence-electron chi connectivity index (χ3n) is 4.06. The molecular formula is C17H15N5O3S. The highest BCUT2D eigenvalue weighted by atomic mass is 32.2. The van der Waals surface area contributed by atoms with Gasteiger partial charge in [0.2, 0.25) is 5.82 Å². The van der Waals surface area contributed by atoms with Gasteiger partial charge in [-0.25, -0.2) is 9.97 Å². The molecular weight excluding hydrogens is 354 g/mol. The molecule has 0 spiro atoms. The lowest BCUT2D eigenvalue weighted by Gasteiger charge is -2.27. The Morgan fingerprint density at radius 3 is 2.73 bits per heavy atom. The van der Waals surface area contributed by atoms with Crippen LogP contribution in [0, 0.1) is 10.1 Å². The molecule has 0 N–H and O–H groups in total. The maximum absolute atomic E-state index is 11.8. The molecule has 0 unspecified atom stereocenters. The molecule has 0 saturated carbocycles. The Balaban J connectivity index is 1.77. The predicted molar refractivity (Wildman–Crippen MR) is 97.6 cm³/mol. The summed E-state index contributed by atoms with van der Waals surface area (Å²) in [6, 6.07) is 9.57. The average molecular weight is 369 g/mol. The molecule has 0 atom stereocenters.